The Morgan fingerprint density at radius 3 is 2.25 bits per heavy atom. The number of Topliss-reactive ketones (excluding diaryl/α,β-unsaturated/α-hetero) is 1. The highest BCUT2D eigenvalue weighted by Gasteiger charge is 2.02. The summed E-state index contributed by atoms with van der Waals surface area (Å²) >= 11 is 0. The van der Waals surface area contributed by atoms with Crippen LogP contribution in [0.4, 0.5) is 5.69 Å². The van der Waals surface area contributed by atoms with Gasteiger partial charge in [0.1, 0.15) is 5.78 Å². The second-order valence-corrected chi connectivity index (χ2v) is 4.57. The molecule has 2 heteroatoms. The van der Waals surface area contributed by atoms with Gasteiger partial charge in [0.25, 0.3) is 0 Å². The van der Waals surface area contributed by atoms with Gasteiger partial charge in [0, 0.05) is 25.7 Å². The predicted octanol–water partition coefficient (Wildman–Crippen LogP) is 3.11. The Kier molecular flexibility index (Phi) is 4.53. The van der Waals surface area contributed by atoms with E-state index >= 15 is 0 Å². The van der Waals surface area contributed by atoms with E-state index < -0.39 is 0 Å². The van der Waals surface area contributed by atoms with Crippen molar-refractivity contribution < 1.29 is 4.79 Å². The largest absolute Gasteiger partial charge is 0.375 e. The van der Waals surface area contributed by atoms with Gasteiger partial charge >= 0.3 is 0 Å². The molecule has 0 aliphatic rings. The lowest BCUT2D eigenvalue weighted by Gasteiger charge is -2.20. The van der Waals surface area contributed by atoms with Gasteiger partial charge in [-0.2, -0.15) is 0 Å². The molecule has 0 aliphatic carbocycles. The number of rotatable bonds is 5. The standard InChI is InChI=1S/C14H21NO/c1-11-8-12(2)10-14(9-11)15(4)7-5-6-13(3)16/h8-10H,5-7H2,1-4H3. The summed E-state index contributed by atoms with van der Waals surface area (Å²) in [5, 5.41) is 0. The van der Waals surface area contributed by atoms with E-state index in [1.807, 2.05) is 0 Å². The maximum Gasteiger partial charge on any atom is 0.129 e. The van der Waals surface area contributed by atoms with Gasteiger partial charge in [-0.1, -0.05) is 6.07 Å². The van der Waals surface area contributed by atoms with Crippen LogP contribution in [0.2, 0.25) is 0 Å². The molecule has 1 rings (SSSR count). The molecule has 2 nitrogen and oxygen atoms in total. The number of ketones is 1. The summed E-state index contributed by atoms with van der Waals surface area (Å²) in [7, 11) is 2.08. The smallest absolute Gasteiger partial charge is 0.129 e. The van der Waals surface area contributed by atoms with E-state index in [0.29, 0.717) is 6.42 Å². The molecule has 0 saturated heterocycles. The first kappa shape index (κ1) is 12.8. The first-order valence-electron chi connectivity index (χ1n) is 5.78. The van der Waals surface area contributed by atoms with Crippen molar-refractivity contribution in [2.24, 2.45) is 0 Å². The van der Waals surface area contributed by atoms with E-state index in [0.717, 1.165) is 13.0 Å². The fraction of sp³-hybridized carbons (Fsp3) is 0.500. The third-order valence-corrected chi connectivity index (χ3v) is 2.67. The van der Waals surface area contributed by atoms with E-state index in [1.165, 1.54) is 16.8 Å². The van der Waals surface area contributed by atoms with Crippen molar-refractivity contribution in [1.29, 1.82) is 0 Å². The molecular formula is C14H21NO. The molecule has 0 unspecified atom stereocenters. The molecule has 0 amide bonds. The van der Waals surface area contributed by atoms with Crippen molar-refractivity contribution in [3.8, 4) is 0 Å². The predicted molar refractivity (Wildman–Crippen MR) is 69.1 cm³/mol. The lowest BCUT2D eigenvalue weighted by Crippen LogP contribution is -2.19. The average Bonchev–Trinajstić information content (AvgIpc) is 2.15. The zero-order chi connectivity index (χ0) is 12.1. The van der Waals surface area contributed by atoms with Crippen LogP contribution in [0.25, 0.3) is 0 Å². The van der Waals surface area contributed by atoms with Crippen LogP contribution in [0, 0.1) is 13.8 Å². The fourth-order valence-electron chi connectivity index (χ4n) is 1.87. The molecule has 16 heavy (non-hydrogen) atoms. The second-order valence-electron chi connectivity index (χ2n) is 4.57. The molecule has 0 N–H and O–H groups in total. The lowest BCUT2D eigenvalue weighted by molar-refractivity contribution is -0.117. The summed E-state index contributed by atoms with van der Waals surface area (Å²) in [6.07, 6.45) is 1.61. The van der Waals surface area contributed by atoms with Gasteiger partial charge in [0.2, 0.25) is 0 Å². The number of benzene rings is 1. The number of carbonyl (C=O) groups excluding carboxylic acids is 1. The molecule has 0 heterocycles. The van der Waals surface area contributed by atoms with Gasteiger partial charge in [-0.3, -0.25) is 0 Å². The normalized spacial score (nSPS) is 10.2. The summed E-state index contributed by atoms with van der Waals surface area (Å²) in [5.74, 6) is 0.272. The van der Waals surface area contributed by atoms with Crippen LogP contribution in [0.3, 0.4) is 0 Å². The summed E-state index contributed by atoms with van der Waals surface area (Å²) < 4.78 is 0. The summed E-state index contributed by atoms with van der Waals surface area (Å²) in [5.41, 5.74) is 3.81. The topological polar surface area (TPSA) is 20.3 Å². The highest BCUT2D eigenvalue weighted by atomic mass is 16.1. The number of nitrogens with zero attached hydrogens (tertiary/aromatic N) is 1. The van der Waals surface area contributed by atoms with Crippen molar-refractivity contribution in [1.82, 2.24) is 0 Å². The molecule has 0 radical (unpaired) electrons. The van der Waals surface area contributed by atoms with Crippen LogP contribution < -0.4 is 4.90 Å². The number of hydrogen-bond donors (Lipinski definition) is 0. The molecule has 0 fully saturated rings. The van der Waals surface area contributed by atoms with Crippen molar-refractivity contribution >= 4 is 11.5 Å². The first-order valence-corrected chi connectivity index (χ1v) is 5.78. The quantitative estimate of drug-likeness (QED) is 0.758. The Morgan fingerprint density at radius 1 is 1.19 bits per heavy atom. The van der Waals surface area contributed by atoms with E-state index in [2.05, 4.69) is 44.0 Å². The molecule has 1 aromatic rings. The van der Waals surface area contributed by atoms with Gasteiger partial charge < -0.3 is 9.69 Å². The molecule has 0 atom stereocenters. The van der Waals surface area contributed by atoms with E-state index in [1.54, 1.807) is 6.92 Å². The third-order valence-electron chi connectivity index (χ3n) is 2.67. The molecule has 0 aliphatic heterocycles. The van der Waals surface area contributed by atoms with E-state index in [-0.39, 0.29) is 5.78 Å². The monoisotopic (exact) mass is 219 g/mol. The van der Waals surface area contributed by atoms with Crippen molar-refractivity contribution in [3.63, 3.8) is 0 Å². The van der Waals surface area contributed by atoms with Crippen LogP contribution in [0.1, 0.15) is 30.9 Å². The zero-order valence-electron chi connectivity index (χ0n) is 10.7. The maximum atomic E-state index is 10.9. The van der Waals surface area contributed by atoms with Gasteiger partial charge in [0.15, 0.2) is 0 Å². The van der Waals surface area contributed by atoms with E-state index in [4.69, 9.17) is 0 Å². The second kappa shape index (κ2) is 5.69. The van der Waals surface area contributed by atoms with Crippen LogP contribution in [0.5, 0.6) is 0 Å². The lowest BCUT2D eigenvalue weighted by atomic mass is 10.1. The van der Waals surface area contributed by atoms with Crippen LogP contribution in [0.15, 0.2) is 18.2 Å². The number of aryl methyl sites for hydroxylation is 2. The van der Waals surface area contributed by atoms with Crippen molar-refractivity contribution in [2.75, 3.05) is 18.5 Å². The van der Waals surface area contributed by atoms with Crippen molar-refractivity contribution in [2.45, 2.75) is 33.6 Å². The first-order chi connectivity index (χ1) is 7.49. The Bertz CT molecular complexity index is 351. The Hall–Kier alpha value is -1.31. The molecule has 0 saturated carbocycles. The number of anilines is 1. The fourth-order valence-corrected chi connectivity index (χ4v) is 1.87. The average molecular weight is 219 g/mol. The van der Waals surface area contributed by atoms with Crippen molar-refractivity contribution in [3.05, 3.63) is 29.3 Å². The highest BCUT2D eigenvalue weighted by Crippen LogP contribution is 2.17. The van der Waals surface area contributed by atoms with Gasteiger partial charge in [0.05, 0.1) is 0 Å². The molecule has 88 valence electrons. The molecule has 0 spiro atoms. The minimum Gasteiger partial charge on any atom is -0.375 e. The molecule has 0 aromatic heterocycles. The number of carbonyl (C=O) groups is 1. The van der Waals surface area contributed by atoms with Gasteiger partial charge in [-0.15, -0.1) is 0 Å². The van der Waals surface area contributed by atoms with Crippen LogP contribution in [-0.4, -0.2) is 19.4 Å². The summed E-state index contributed by atoms with van der Waals surface area (Å²) in [6.45, 7) is 6.80. The summed E-state index contributed by atoms with van der Waals surface area (Å²) in [6, 6.07) is 6.54. The minimum atomic E-state index is 0.272. The summed E-state index contributed by atoms with van der Waals surface area (Å²) in [4.78, 5) is 13.1. The molecular weight excluding hydrogens is 198 g/mol. The van der Waals surface area contributed by atoms with E-state index in [9.17, 15) is 4.79 Å². The Labute approximate surface area is 98.3 Å². The SMILES string of the molecule is CC(=O)CCCN(C)c1cc(C)cc(C)c1. The van der Waals surface area contributed by atoms with Crippen LogP contribution in [-0.2, 0) is 4.79 Å². The number of hydrogen-bond acceptors (Lipinski definition) is 2. The Balaban J connectivity index is 2.58. The van der Waals surface area contributed by atoms with Gasteiger partial charge in [-0.25, -0.2) is 0 Å². The Morgan fingerprint density at radius 2 is 1.75 bits per heavy atom. The third kappa shape index (κ3) is 4.05. The molecule has 0 bridgehead atoms. The zero-order valence-corrected chi connectivity index (χ0v) is 10.7. The van der Waals surface area contributed by atoms with Gasteiger partial charge in [-0.05, 0) is 50.5 Å². The minimum absolute atomic E-state index is 0.272. The maximum absolute atomic E-state index is 10.9. The van der Waals surface area contributed by atoms with Crippen LogP contribution >= 0.6 is 0 Å². The molecule has 1 aromatic carbocycles. The highest BCUT2D eigenvalue weighted by molar-refractivity contribution is 5.75.